The zero-order valence-corrected chi connectivity index (χ0v) is 26.4. The average molecular weight is 608 g/mol. The van der Waals surface area contributed by atoms with Crippen LogP contribution in [0.25, 0.3) is 16.8 Å². The molecular formula is C37H41N3O3S. The van der Waals surface area contributed by atoms with E-state index in [-0.39, 0.29) is 6.54 Å². The highest BCUT2D eigenvalue weighted by molar-refractivity contribution is 7.10. The molecule has 2 heterocycles. The van der Waals surface area contributed by atoms with Crippen LogP contribution in [0.5, 0.6) is 5.75 Å². The molecule has 5 aromatic rings. The number of benzene rings is 3. The van der Waals surface area contributed by atoms with Crippen LogP contribution in [0.2, 0.25) is 0 Å². The number of carbonyl (C=O) groups is 1. The highest BCUT2D eigenvalue weighted by Crippen LogP contribution is 2.29. The summed E-state index contributed by atoms with van der Waals surface area (Å²) in [6.07, 6.45) is 10.3. The van der Waals surface area contributed by atoms with Crippen molar-refractivity contribution < 1.29 is 14.6 Å². The summed E-state index contributed by atoms with van der Waals surface area (Å²) in [6, 6.07) is 27.4. The van der Waals surface area contributed by atoms with Gasteiger partial charge < -0.3 is 14.4 Å². The summed E-state index contributed by atoms with van der Waals surface area (Å²) in [7, 11) is 0. The van der Waals surface area contributed by atoms with Crippen molar-refractivity contribution in [1.82, 2.24) is 14.5 Å². The van der Waals surface area contributed by atoms with Crippen molar-refractivity contribution in [3.8, 4) is 22.6 Å². The van der Waals surface area contributed by atoms with Gasteiger partial charge in [0.2, 0.25) is 0 Å². The van der Waals surface area contributed by atoms with E-state index in [4.69, 9.17) is 4.74 Å². The van der Waals surface area contributed by atoms with Crippen LogP contribution in [-0.4, -0.2) is 32.1 Å². The van der Waals surface area contributed by atoms with E-state index in [1.807, 2.05) is 39.9 Å². The lowest BCUT2D eigenvalue weighted by atomic mass is 9.90. The van der Waals surface area contributed by atoms with Gasteiger partial charge in [0.25, 0.3) is 0 Å². The molecule has 0 spiro atoms. The predicted molar refractivity (Wildman–Crippen MR) is 178 cm³/mol. The minimum absolute atomic E-state index is 0.0218. The molecule has 1 N–H and O–H groups in total. The molecule has 44 heavy (non-hydrogen) atoms. The molecule has 0 radical (unpaired) electrons. The van der Waals surface area contributed by atoms with Gasteiger partial charge in [0.1, 0.15) is 12.4 Å². The summed E-state index contributed by atoms with van der Waals surface area (Å²) in [5.41, 5.74) is 6.90. The van der Waals surface area contributed by atoms with Crippen molar-refractivity contribution >= 4 is 17.3 Å². The van der Waals surface area contributed by atoms with Gasteiger partial charge in [-0.2, -0.15) is 0 Å². The van der Waals surface area contributed by atoms with Crippen LogP contribution in [0, 0.1) is 0 Å². The Labute approximate surface area is 264 Å². The van der Waals surface area contributed by atoms with Crippen molar-refractivity contribution in [1.29, 1.82) is 0 Å². The van der Waals surface area contributed by atoms with E-state index < -0.39 is 5.97 Å². The van der Waals surface area contributed by atoms with E-state index in [9.17, 15) is 9.90 Å². The third-order valence-electron chi connectivity index (χ3n) is 7.86. The Morgan fingerprint density at radius 1 is 0.909 bits per heavy atom. The number of hydrogen-bond acceptors (Lipinski definition) is 5. The molecule has 0 bridgehead atoms. The first-order valence-corrected chi connectivity index (χ1v) is 16.3. The van der Waals surface area contributed by atoms with Gasteiger partial charge in [-0.1, -0.05) is 75.2 Å². The highest BCUT2D eigenvalue weighted by atomic mass is 32.1. The van der Waals surface area contributed by atoms with Crippen LogP contribution in [0.15, 0.2) is 103 Å². The van der Waals surface area contributed by atoms with E-state index >= 15 is 0 Å². The van der Waals surface area contributed by atoms with Crippen molar-refractivity contribution in [2.45, 2.75) is 65.1 Å². The van der Waals surface area contributed by atoms with Crippen LogP contribution in [0.3, 0.4) is 0 Å². The lowest BCUT2D eigenvalue weighted by Crippen LogP contribution is -2.28. The standard InChI is InChI=1S/C37H41N3O3S/c1-3-5-30(6-4-2)31-13-17-35(18-14-31)43-25-29-7-11-32(12-8-29)33-21-36(44-26-33)23-39(24-37(41)42)22-28-9-15-34(16-10-28)40-20-19-38-27-40/h7-21,26-27,30H,3-6,22-25H2,1-2H3,(H,41,42). The Hall–Kier alpha value is -4.20. The molecule has 0 saturated carbocycles. The largest absolute Gasteiger partial charge is 0.489 e. The van der Waals surface area contributed by atoms with Crippen LogP contribution in [-0.2, 0) is 24.5 Å². The van der Waals surface area contributed by atoms with Gasteiger partial charge in [-0.3, -0.25) is 9.69 Å². The normalized spacial score (nSPS) is 11.4. The minimum atomic E-state index is -0.831. The summed E-state index contributed by atoms with van der Waals surface area (Å²) >= 11 is 1.66. The number of imidazole rings is 1. The monoisotopic (exact) mass is 607 g/mol. The molecule has 7 heteroatoms. The molecule has 0 aliphatic rings. The van der Waals surface area contributed by atoms with Crippen molar-refractivity contribution in [3.05, 3.63) is 125 Å². The number of carboxylic acids is 1. The van der Waals surface area contributed by atoms with E-state index in [0.717, 1.165) is 38.6 Å². The molecule has 0 fully saturated rings. The number of thiophene rings is 1. The molecule has 6 nitrogen and oxygen atoms in total. The number of carboxylic acid groups (broad SMARTS) is 1. The Morgan fingerprint density at radius 2 is 1.61 bits per heavy atom. The third kappa shape index (κ3) is 8.68. The number of aliphatic carboxylic acids is 1. The van der Waals surface area contributed by atoms with Crippen LogP contribution in [0.1, 0.15) is 67.0 Å². The quantitative estimate of drug-likeness (QED) is 0.121. The Bertz CT molecular complexity index is 1570. The van der Waals surface area contributed by atoms with E-state index in [2.05, 4.69) is 78.8 Å². The fraction of sp³-hybridized carbons (Fsp3) is 0.297. The molecule has 0 aliphatic heterocycles. The molecule has 2 aromatic heterocycles. The van der Waals surface area contributed by atoms with Gasteiger partial charge in [-0.25, -0.2) is 4.98 Å². The molecule has 228 valence electrons. The maximum Gasteiger partial charge on any atom is 0.317 e. The summed E-state index contributed by atoms with van der Waals surface area (Å²) in [5.74, 6) is 0.699. The second-order valence-corrected chi connectivity index (χ2v) is 12.3. The first-order valence-electron chi connectivity index (χ1n) is 15.4. The van der Waals surface area contributed by atoms with E-state index in [0.29, 0.717) is 25.6 Å². The average Bonchev–Trinajstić information content (AvgIpc) is 3.74. The number of ether oxygens (including phenoxy) is 1. The van der Waals surface area contributed by atoms with Gasteiger partial charge in [-0.15, -0.1) is 11.3 Å². The van der Waals surface area contributed by atoms with Gasteiger partial charge in [0.15, 0.2) is 0 Å². The second-order valence-electron chi connectivity index (χ2n) is 11.3. The molecule has 0 unspecified atom stereocenters. The fourth-order valence-electron chi connectivity index (χ4n) is 5.61. The number of aromatic nitrogens is 2. The number of hydrogen-bond donors (Lipinski definition) is 1. The number of nitrogens with zero attached hydrogens (tertiary/aromatic N) is 3. The Balaban J connectivity index is 1.16. The van der Waals surface area contributed by atoms with Gasteiger partial charge in [0.05, 0.1) is 12.9 Å². The Kier molecular flexibility index (Phi) is 11.0. The molecule has 3 aromatic carbocycles. The third-order valence-corrected chi connectivity index (χ3v) is 8.78. The summed E-state index contributed by atoms with van der Waals surface area (Å²) in [6.45, 7) is 6.14. The number of rotatable bonds is 16. The lowest BCUT2D eigenvalue weighted by molar-refractivity contribution is -0.138. The van der Waals surface area contributed by atoms with Crippen molar-refractivity contribution in [2.75, 3.05) is 6.54 Å². The first-order chi connectivity index (χ1) is 21.5. The second kappa shape index (κ2) is 15.5. The molecule has 0 saturated heterocycles. The lowest BCUT2D eigenvalue weighted by Gasteiger charge is -2.20. The topological polar surface area (TPSA) is 67.6 Å². The molecular weight excluding hydrogens is 566 g/mol. The van der Waals surface area contributed by atoms with Gasteiger partial charge in [-0.05, 0) is 82.3 Å². The maximum absolute atomic E-state index is 11.6. The van der Waals surface area contributed by atoms with Gasteiger partial charge >= 0.3 is 5.97 Å². The minimum Gasteiger partial charge on any atom is -0.489 e. The van der Waals surface area contributed by atoms with Crippen LogP contribution < -0.4 is 4.74 Å². The van der Waals surface area contributed by atoms with E-state index in [1.165, 1.54) is 31.2 Å². The smallest absolute Gasteiger partial charge is 0.317 e. The summed E-state index contributed by atoms with van der Waals surface area (Å²) in [4.78, 5) is 18.8. The zero-order valence-electron chi connectivity index (χ0n) is 25.6. The van der Waals surface area contributed by atoms with E-state index in [1.54, 1.807) is 23.9 Å². The first kappa shape index (κ1) is 31.2. The Morgan fingerprint density at radius 3 is 2.25 bits per heavy atom. The van der Waals surface area contributed by atoms with Crippen molar-refractivity contribution in [3.63, 3.8) is 0 Å². The van der Waals surface area contributed by atoms with Crippen LogP contribution in [0.4, 0.5) is 0 Å². The maximum atomic E-state index is 11.6. The summed E-state index contributed by atoms with van der Waals surface area (Å²) in [5, 5.41) is 11.7. The molecule has 0 atom stereocenters. The summed E-state index contributed by atoms with van der Waals surface area (Å²) < 4.78 is 8.04. The highest BCUT2D eigenvalue weighted by Gasteiger charge is 2.14. The van der Waals surface area contributed by atoms with Gasteiger partial charge in [0, 0.05) is 36.0 Å². The molecule has 0 amide bonds. The molecule has 0 aliphatic carbocycles. The zero-order chi connectivity index (χ0) is 30.7. The van der Waals surface area contributed by atoms with Crippen molar-refractivity contribution in [2.24, 2.45) is 0 Å². The fourth-order valence-corrected chi connectivity index (χ4v) is 6.54. The predicted octanol–water partition coefficient (Wildman–Crippen LogP) is 8.95. The van der Waals surface area contributed by atoms with Crippen LogP contribution >= 0.6 is 11.3 Å². The molecule has 5 rings (SSSR count). The SMILES string of the molecule is CCCC(CCC)c1ccc(OCc2ccc(-c3csc(CN(CC(=O)O)Cc4ccc(-n5ccnc5)cc4)c3)cc2)cc1.